The van der Waals surface area contributed by atoms with Gasteiger partial charge in [-0.15, -0.1) is 0 Å². The maximum atomic E-state index is 13.9. The number of carbonyl (C=O) groups excluding carboxylic acids is 2. The van der Waals surface area contributed by atoms with Gasteiger partial charge in [0.1, 0.15) is 23.1 Å². The lowest BCUT2D eigenvalue weighted by Gasteiger charge is -2.18. The van der Waals surface area contributed by atoms with Crippen LogP contribution in [-0.4, -0.2) is 34.4 Å². The quantitative estimate of drug-likeness (QED) is 0.921. The Morgan fingerprint density at radius 2 is 1.96 bits per heavy atom. The Balaban J connectivity index is 1.76. The number of para-hydroxylation sites is 1. The molecule has 2 aromatic rings. The maximum absolute atomic E-state index is 13.9. The first-order valence-corrected chi connectivity index (χ1v) is 7.72. The van der Waals surface area contributed by atoms with Crippen molar-refractivity contribution in [1.29, 1.82) is 0 Å². The van der Waals surface area contributed by atoms with Gasteiger partial charge in [-0.3, -0.25) is 9.59 Å². The highest BCUT2D eigenvalue weighted by atomic mass is 19.1. The molecule has 0 radical (unpaired) electrons. The van der Waals surface area contributed by atoms with Crippen molar-refractivity contribution < 1.29 is 18.4 Å². The number of benzene rings is 1. The maximum Gasteiger partial charge on any atom is 0.254 e. The van der Waals surface area contributed by atoms with Gasteiger partial charge in [0.05, 0.1) is 17.3 Å². The van der Waals surface area contributed by atoms with Crippen molar-refractivity contribution in [3.05, 3.63) is 53.1 Å². The summed E-state index contributed by atoms with van der Waals surface area (Å²) in [5, 5.41) is 2.70. The molecule has 1 saturated heterocycles. The molecule has 1 aromatic heterocycles. The van der Waals surface area contributed by atoms with Crippen molar-refractivity contribution in [2.45, 2.75) is 26.3 Å². The van der Waals surface area contributed by atoms with Crippen molar-refractivity contribution in [2.24, 2.45) is 0 Å². The number of hydrogen-bond acceptors (Lipinski definition) is 4. The number of aromatic nitrogens is 2. The van der Waals surface area contributed by atoms with E-state index in [1.165, 1.54) is 12.3 Å². The van der Waals surface area contributed by atoms with Crippen LogP contribution in [0.3, 0.4) is 0 Å². The van der Waals surface area contributed by atoms with Gasteiger partial charge in [0, 0.05) is 19.2 Å². The van der Waals surface area contributed by atoms with Crippen LogP contribution in [0, 0.1) is 25.5 Å². The van der Waals surface area contributed by atoms with Crippen molar-refractivity contribution in [3.8, 4) is 0 Å². The molecule has 6 nitrogen and oxygen atoms in total. The van der Waals surface area contributed by atoms with Crippen LogP contribution in [-0.2, 0) is 4.79 Å². The number of aryl methyl sites for hydroxylation is 2. The number of hydrogen-bond donors (Lipinski definition) is 1. The van der Waals surface area contributed by atoms with Crippen molar-refractivity contribution in [3.63, 3.8) is 0 Å². The van der Waals surface area contributed by atoms with E-state index in [4.69, 9.17) is 0 Å². The summed E-state index contributed by atoms with van der Waals surface area (Å²) in [4.78, 5) is 33.6. The Morgan fingerprint density at radius 3 is 2.60 bits per heavy atom. The summed E-state index contributed by atoms with van der Waals surface area (Å²) >= 11 is 0. The molecule has 2 heterocycles. The molecule has 1 aliphatic heterocycles. The first-order chi connectivity index (χ1) is 11.9. The van der Waals surface area contributed by atoms with Crippen LogP contribution in [0.1, 0.15) is 28.3 Å². The minimum Gasteiger partial charge on any atom is -0.347 e. The molecule has 25 heavy (non-hydrogen) atoms. The number of carbonyl (C=O) groups is 2. The van der Waals surface area contributed by atoms with Crippen LogP contribution in [0.5, 0.6) is 0 Å². The Bertz CT molecular complexity index is 836. The molecule has 2 amide bonds. The molecule has 1 aliphatic rings. The van der Waals surface area contributed by atoms with Crippen molar-refractivity contribution in [2.75, 3.05) is 11.4 Å². The fraction of sp³-hybridized carbons (Fsp3) is 0.294. The lowest BCUT2D eigenvalue weighted by Crippen LogP contribution is -2.38. The molecule has 1 atom stereocenters. The molecule has 0 bridgehead atoms. The molecule has 8 heteroatoms. The van der Waals surface area contributed by atoms with Gasteiger partial charge in [-0.2, -0.15) is 0 Å². The van der Waals surface area contributed by atoms with Crippen LogP contribution in [0.4, 0.5) is 14.5 Å². The molecule has 0 aliphatic carbocycles. The zero-order valence-electron chi connectivity index (χ0n) is 13.7. The normalized spacial score (nSPS) is 17.0. The van der Waals surface area contributed by atoms with E-state index in [1.54, 1.807) is 13.8 Å². The molecule has 0 unspecified atom stereocenters. The van der Waals surface area contributed by atoms with Gasteiger partial charge >= 0.3 is 0 Å². The van der Waals surface area contributed by atoms with E-state index in [0.29, 0.717) is 17.1 Å². The summed E-state index contributed by atoms with van der Waals surface area (Å²) in [6.07, 6.45) is 1.38. The van der Waals surface area contributed by atoms with Gasteiger partial charge in [-0.05, 0) is 26.0 Å². The third kappa shape index (κ3) is 3.33. The highest BCUT2D eigenvalue weighted by Crippen LogP contribution is 2.27. The average molecular weight is 346 g/mol. The second kappa shape index (κ2) is 6.54. The van der Waals surface area contributed by atoms with E-state index in [1.807, 2.05) is 0 Å². The summed E-state index contributed by atoms with van der Waals surface area (Å²) in [6.45, 7) is 3.39. The van der Waals surface area contributed by atoms with Crippen molar-refractivity contribution >= 4 is 17.5 Å². The third-order valence-electron chi connectivity index (χ3n) is 4.01. The summed E-state index contributed by atoms with van der Waals surface area (Å²) < 4.78 is 27.8. The summed E-state index contributed by atoms with van der Waals surface area (Å²) in [5.74, 6) is -1.96. The Hall–Kier alpha value is -2.90. The van der Waals surface area contributed by atoms with Gasteiger partial charge in [0.2, 0.25) is 5.91 Å². The fourth-order valence-electron chi connectivity index (χ4n) is 2.84. The molecule has 1 aromatic carbocycles. The minimum atomic E-state index is -0.817. The van der Waals surface area contributed by atoms with E-state index in [2.05, 4.69) is 15.3 Å². The smallest absolute Gasteiger partial charge is 0.254 e. The molecule has 1 N–H and O–H groups in total. The van der Waals surface area contributed by atoms with E-state index >= 15 is 0 Å². The first kappa shape index (κ1) is 16.9. The van der Waals surface area contributed by atoms with Crippen LogP contribution < -0.4 is 10.2 Å². The highest BCUT2D eigenvalue weighted by Gasteiger charge is 2.34. The number of halogens is 2. The molecular formula is C17H16F2N4O2. The van der Waals surface area contributed by atoms with E-state index in [-0.39, 0.29) is 18.7 Å². The highest BCUT2D eigenvalue weighted by molar-refractivity contribution is 5.99. The van der Waals surface area contributed by atoms with E-state index in [0.717, 1.165) is 17.0 Å². The second-order valence-electron chi connectivity index (χ2n) is 5.87. The SMILES string of the molecule is Cc1ncc(C(=O)N[C@H]2CC(=O)N(c3c(F)cccc3F)C2)c(C)n1. The molecule has 1 fully saturated rings. The molecule has 0 saturated carbocycles. The predicted molar refractivity (Wildman–Crippen MR) is 86.1 cm³/mol. The Kier molecular flexibility index (Phi) is 4.43. The monoisotopic (exact) mass is 346 g/mol. The standard InChI is InChI=1S/C17H16F2N4O2/c1-9-12(7-20-10(2)21-9)17(25)22-11-6-15(24)23(8-11)16-13(18)4-3-5-14(16)19/h3-5,7,11H,6,8H2,1-2H3,(H,22,25)/t11-/m0/s1. The largest absolute Gasteiger partial charge is 0.347 e. The van der Waals surface area contributed by atoms with Crippen LogP contribution >= 0.6 is 0 Å². The number of nitrogens with zero attached hydrogens (tertiary/aromatic N) is 3. The zero-order valence-corrected chi connectivity index (χ0v) is 13.7. The van der Waals surface area contributed by atoms with Gasteiger partial charge < -0.3 is 10.2 Å². The molecule has 3 rings (SSSR count). The van der Waals surface area contributed by atoms with Gasteiger partial charge in [-0.25, -0.2) is 18.7 Å². The number of amides is 2. The fourth-order valence-corrected chi connectivity index (χ4v) is 2.84. The molecule has 130 valence electrons. The lowest BCUT2D eigenvalue weighted by atomic mass is 10.2. The van der Waals surface area contributed by atoms with E-state index < -0.39 is 29.5 Å². The first-order valence-electron chi connectivity index (χ1n) is 7.72. The zero-order chi connectivity index (χ0) is 18.1. The predicted octanol–water partition coefficient (Wildman–Crippen LogP) is 1.91. The lowest BCUT2D eigenvalue weighted by molar-refractivity contribution is -0.117. The van der Waals surface area contributed by atoms with Gasteiger partial charge in [0.15, 0.2) is 0 Å². The van der Waals surface area contributed by atoms with E-state index in [9.17, 15) is 18.4 Å². The third-order valence-corrected chi connectivity index (χ3v) is 4.01. The van der Waals surface area contributed by atoms with Crippen LogP contribution in [0.2, 0.25) is 0 Å². The average Bonchev–Trinajstić information content (AvgIpc) is 2.87. The number of anilines is 1. The summed E-state index contributed by atoms with van der Waals surface area (Å²) in [7, 11) is 0. The van der Waals surface area contributed by atoms with Crippen LogP contribution in [0.15, 0.2) is 24.4 Å². The molecule has 0 spiro atoms. The number of rotatable bonds is 3. The van der Waals surface area contributed by atoms with Gasteiger partial charge in [-0.1, -0.05) is 6.07 Å². The second-order valence-corrected chi connectivity index (χ2v) is 5.87. The number of nitrogens with one attached hydrogen (secondary N) is 1. The minimum absolute atomic E-state index is 0.00576. The van der Waals surface area contributed by atoms with Crippen molar-refractivity contribution in [1.82, 2.24) is 15.3 Å². The topological polar surface area (TPSA) is 75.2 Å². The summed E-state index contributed by atoms with van der Waals surface area (Å²) in [6, 6.07) is 2.85. The Labute approximate surface area is 142 Å². The Morgan fingerprint density at radius 1 is 1.28 bits per heavy atom. The van der Waals surface area contributed by atoms with Crippen LogP contribution in [0.25, 0.3) is 0 Å². The van der Waals surface area contributed by atoms with Gasteiger partial charge in [0.25, 0.3) is 5.91 Å². The summed E-state index contributed by atoms with van der Waals surface area (Å²) in [5.41, 5.74) is 0.430. The molecular weight excluding hydrogens is 330 g/mol.